The molecule has 4 atom stereocenters. The first kappa shape index (κ1) is 23.1. The lowest BCUT2D eigenvalue weighted by atomic mass is 9.76. The quantitative estimate of drug-likeness (QED) is 0.631. The summed E-state index contributed by atoms with van der Waals surface area (Å²) in [4.78, 5) is 59.1. The zero-order valence-corrected chi connectivity index (χ0v) is 20.4. The number of hydrogen-bond donors (Lipinski definition) is 1. The summed E-state index contributed by atoms with van der Waals surface area (Å²) < 4.78 is 5.34. The van der Waals surface area contributed by atoms with Gasteiger partial charge in [0.05, 0.1) is 30.7 Å². The zero-order chi connectivity index (χ0) is 25.2. The Bertz CT molecular complexity index is 1290. The van der Waals surface area contributed by atoms with E-state index in [9.17, 15) is 19.2 Å². The van der Waals surface area contributed by atoms with Crippen LogP contribution in [0.1, 0.15) is 12.5 Å². The monoisotopic (exact) mass is 508 g/mol. The number of benzene rings is 2. The van der Waals surface area contributed by atoms with Crippen molar-refractivity contribution in [3.8, 4) is 0 Å². The van der Waals surface area contributed by atoms with Gasteiger partial charge in [-0.1, -0.05) is 35.9 Å². The number of fused-ring (bicyclic) bond motifs is 4. The van der Waals surface area contributed by atoms with E-state index >= 15 is 0 Å². The van der Waals surface area contributed by atoms with Crippen molar-refractivity contribution in [1.82, 2.24) is 10.2 Å². The number of nitrogens with one attached hydrogen (secondary N) is 1. The van der Waals surface area contributed by atoms with Gasteiger partial charge in [0.15, 0.2) is 0 Å². The summed E-state index contributed by atoms with van der Waals surface area (Å²) in [6, 6.07) is 13.3. The van der Waals surface area contributed by atoms with Gasteiger partial charge < -0.3 is 14.5 Å². The maximum absolute atomic E-state index is 14.2. The number of carbonyl (C=O) groups excluding carboxylic acids is 4. The average molecular weight is 509 g/mol. The molecule has 4 heterocycles. The Kier molecular flexibility index (Phi) is 5.40. The summed E-state index contributed by atoms with van der Waals surface area (Å²) in [6.07, 6.45) is 0. The van der Waals surface area contributed by atoms with Crippen LogP contribution < -0.4 is 15.1 Å². The second-order valence-corrected chi connectivity index (χ2v) is 10.1. The van der Waals surface area contributed by atoms with Crippen molar-refractivity contribution < 1.29 is 23.9 Å². The molecule has 186 valence electrons. The average Bonchev–Trinajstić information content (AvgIpc) is 3.43. The SMILES string of the molecule is C[C@@H]1N[C@]2(C(=O)N(CC(=O)N3CCOCC3)c3ccccc32)[C@H]2C(=O)N(c3cccc(Cl)c3)C(=O)[C@H]12. The van der Waals surface area contributed by atoms with Crippen LogP contribution in [0.25, 0.3) is 0 Å². The summed E-state index contributed by atoms with van der Waals surface area (Å²) in [7, 11) is 0. The fourth-order valence-corrected chi connectivity index (χ4v) is 6.37. The highest BCUT2D eigenvalue weighted by Gasteiger charge is 2.71. The highest BCUT2D eigenvalue weighted by molar-refractivity contribution is 6.31. The molecule has 9 nitrogen and oxygen atoms in total. The molecule has 2 aromatic rings. The number of amides is 4. The Morgan fingerprint density at radius 2 is 1.83 bits per heavy atom. The van der Waals surface area contributed by atoms with Gasteiger partial charge in [0.1, 0.15) is 12.1 Å². The van der Waals surface area contributed by atoms with Crippen LogP contribution in [-0.2, 0) is 29.5 Å². The molecule has 0 radical (unpaired) electrons. The summed E-state index contributed by atoms with van der Waals surface area (Å²) >= 11 is 6.14. The fourth-order valence-electron chi connectivity index (χ4n) is 6.18. The van der Waals surface area contributed by atoms with E-state index in [0.29, 0.717) is 48.3 Å². The normalized spacial score (nSPS) is 29.3. The Labute approximate surface area is 212 Å². The number of nitrogens with zero attached hydrogens (tertiary/aromatic N) is 3. The largest absolute Gasteiger partial charge is 0.378 e. The molecule has 4 aliphatic heterocycles. The topological polar surface area (TPSA) is 99.3 Å². The minimum Gasteiger partial charge on any atom is -0.378 e. The molecule has 3 fully saturated rings. The third-order valence-corrected chi connectivity index (χ3v) is 7.97. The molecule has 4 aliphatic rings. The number of rotatable bonds is 3. The number of anilines is 2. The number of carbonyl (C=O) groups is 4. The van der Waals surface area contributed by atoms with Gasteiger partial charge in [0.25, 0.3) is 5.91 Å². The van der Waals surface area contributed by atoms with E-state index in [1.54, 1.807) is 53.4 Å². The first-order chi connectivity index (χ1) is 17.3. The van der Waals surface area contributed by atoms with Gasteiger partial charge in [-0.05, 0) is 31.2 Å². The van der Waals surface area contributed by atoms with Crippen molar-refractivity contribution in [2.45, 2.75) is 18.5 Å². The van der Waals surface area contributed by atoms with E-state index in [0.717, 1.165) is 4.90 Å². The Morgan fingerprint density at radius 1 is 1.08 bits per heavy atom. The van der Waals surface area contributed by atoms with E-state index in [4.69, 9.17) is 16.3 Å². The van der Waals surface area contributed by atoms with Crippen molar-refractivity contribution in [1.29, 1.82) is 0 Å². The van der Waals surface area contributed by atoms with Crippen molar-refractivity contribution in [3.63, 3.8) is 0 Å². The molecular weight excluding hydrogens is 484 g/mol. The number of halogens is 1. The number of ether oxygens (including phenoxy) is 1. The third-order valence-electron chi connectivity index (χ3n) is 7.74. The minimum absolute atomic E-state index is 0.148. The van der Waals surface area contributed by atoms with Crippen molar-refractivity contribution in [2.24, 2.45) is 11.8 Å². The third kappa shape index (κ3) is 3.16. The van der Waals surface area contributed by atoms with Crippen molar-refractivity contribution in [3.05, 3.63) is 59.1 Å². The van der Waals surface area contributed by atoms with Crippen LogP contribution in [0.5, 0.6) is 0 Å². The van der Waals surface area contributed by atoms with Crippen LogP contribution in [0.15, 0.2) is 48.5 Å². The van der Waals surface area contributed by atoms with E-state index in [1.807, 2.05) is 6.92 Å². The molecule has 3 saturated heterocycles. The van der Waals surface area contributed by atoms with Crippen LogP contribution in [0.3, 0.4) is 0 Å². The highest BCUT2D eigenvalue weighted by atomic mass is 35.5. The second kappa shape index (κ2) is 8.40. The lowest BCUT2D eigenvalue weighted by Crippen LogP contribution is -2.56. The Balaban J connectivity index is 1.40. The number of imide groups is 1. The lowest BCUT2D eigenvalue weighted by Gasteiger charge is -2.31. The van der Waals surface area contributed by atoms with Crippen LogP contribution in [0.2, 0.25) is 5.02 Å². The fraction of sp³-hybridized carbons (Fsp3) is 0.385. The summed E-state index contributed by atoms with van der Waals surface area (Å²) in [6.45, 7) is 3.52. The number of para-hydroxylation sites is 1. The molecular formula is C26H25ClN4O5. The molecule has 6 rings (SSSR count). The zero-order valence-electron chi connectivity index (χ0n) is 19.6. The summed E-state index contributed by atoms with van der Waals surface area (Å²) in [5, 5.41) is 3.74. The van der Waals surface area contributed by atoms with Crippen molar-refractivity contribution in [2.75, 3.05) is 42.6 Å². The molecule has 1 spiro atoms. The maximum atomic E-state index is 14.2. The Morgan fingerprint density at radius 3 is 2.58 bits per heavy atom. The summed E-state index contributed by atoms with van der Waals surface area (Å²) in [5.41, 5.74) is 0.128. The molecule has 36 heavy (non-hydrogen) atoms. The first-order valence-corrected chi connectivity index (χ1v) is 12.4. The number of morpholine rings is 1. The number of hydrogen-bond acceptors (Lipinski definition) is 6. The molecule has 2 aromatic carbocycles. The van der Waals surface area contributed by atoms with Gasteiger partial charge in [-0.25, -0.2) is 4.90 Å². The van der Waals surface area contributed by atoms with Gasteiger partial charge in [-0.3, -0.25) is 24.5 Å². The molecule has 0 saturated carbocycles. The molecule has 10 heteroatoms. The summed E-state index contributed by atoms with van der Waals surface area (Å²) in [5.74, 6) is -3.07. The molecule has 4 amide bonds. The van der Waals surface area contributed by atoms with Crippen LogP contribution in [-0.4, -0.2) is 67.4 Å². The minimum atomic E-state index is -1.44. The predicted molar refractivity (Wildman–Crippen MR) is 131 cm³/mol. The lowest BCUT2D eigenvalue weighted by molar-refractivity contribution is -0.136. The van der Waals surface area contributed by atoms with Gasteiger partial charge in [0, 0.05) is 35.4 Å². The smallest absolute Gasteiger partial charge is 0.253 e. The molecule has 1 N–H and O–H groups in total. The molecule has 0 unspecified atom stereocenters. The van der Waals surface area contributed by atoms with E-state index in [-0.39, 0.29) is 18.4 Å². The van der Waals surface area contributed by atoms with Gasteiger partial charge in [-0.15, -0.1) is 0 Å². The van der Waals surface area contributed by atoms with E-state index in [1.165, 1.54) is 4.90 Å². The van der Waals surface area contributed by atoms with Crippen molar-refractivity contribution >= 4 is 46.6 Å². The highest BCUT2D eigenvalue weighted by Crippen LogP contribution is 2.55. The Hall–Kier alpha value is -3.27. The van der Waals surface area contributed by atoms with Crippen LogP contribution >= 0.6 is 11.6 Å². The van der Waals surface area contributed by atoms with Gasteiger partial charge in [-0.2, -0.15) is 0 Å². The van der Waals surface area contributed by atoms with E-state index < -0.39 is 35.2 Å². The second-order valence-electron chi connectivity index (χ2n) is 9.64. The van der Waals surface area contributed by atoms with Crippen LogP contribution in [0, 0.1) is 11.8 Å². The predicted octanol–water partition coefficient (Wildman–Crippen LogP) is 1.54. The molecule has 0 bridgehead atoms. The molecule has 0 aromatic heterocycles. The molecule has 0 aliphatic carbocycles. The standard InChI is InChI=1S/C26H25ClN4O5/c1-15-21-22(24(34)31(23(21)33)17-6-4-5-16(27)13-17)26(28-15)18-7-2-3-8-19(18)30(25(26)35)14-20(32)29-9-11-36-12-10-29/h2-8,13,15,21-22,28H,9-12,14H2,1H3/t15-,21+,22+,26-/m0/s1. The van der Waals surface area contributed by atoms with Crippen LogP contribution in [0.4, 0.5) is 11.4 Å². The van der Waals surface area contributed by atoms with Gasteiger partial charge in [0.2, 0.25) is 17.7 Å². The van der Waals surface area contributed by atoms with Gasteiger partial charge >= 0.3 is 0 Å². The first-order valence-electron chi connectivity index (χ1n) is 12.0. The van der Waals surface area contributed by atoms with E-state index in [2.05, 4.69) is 5.32 Å². The maximum Gasteiger partial charge on any atom is 0.253 e.